The SMILES string of the molecule is CC=Cc1ccc2c(c1)-c1cc(C=Cc3cc4ccc(-c5c6ccc(C)cc6c(-c6ccc7cc(C)cc(C)c7c6)c6ccc(C)cc56)cc4cc3C)ccc1C2(C)C. The Morgan fingerprint density at radius 3 is 1.61 bits per heavy atom. The monoisotopic (exact) mass is 758 g/mol. The van der Waals surface area contributed by atoms with E-state index in [1.54, 1.807) is 0 Å². The van der Waals surface area contributed by atoms with E-state index >= 15 is 0 Å². The van der Waals surface area contributed by atoms with Crippen molar-refractivity contribution in [3.8, 4) is 33.4 Å². The molecule has 1 aliphatic carbocycles. The average Bonchev–Trinajstić information content (AvgIpc) is 3.43. The minimum Gasteiger partial charge on any atom is -0.0871 e. The maximum absolute atomic E-state index is 2.41. The van der Waals surface area contributed by atoms with Crippen LogP contribution in [0.1, 0.15) is 76.4 Å². The molecule has 10 rings (SSSR count). The Morgan fingerprint density at radius 2 is 0.983 bits per heavy atom. The van der Waals surface area contributed by atoms with Crippen molar-refractivity contribution in [2.24, 2.45) is 0 Å². The topological polar surface area (TPSA) is 0 Å². The molecule has 0 saturated heterocycles. The first kappa shape index (κ1) is 36.8. The molecule has 0 radical (unpaired) electrons. The predicted molar refractivity (Wildman–Crippen MR) is 259 cm³/mol. The zero-order valence-corrected chi connectivity index (χ0v) is 35.5. The maximum Gasteiger partial charge on any atom is 0.0158 e. The van der Waals surface area contributed by atoms with E-state index in [-0.39, 0.29) is 5.41 Å². The molecule has 9 aromatic rings. The average molecular weight is 759 g/mol. The normalized spacial score (nSPS) is 13.4. The van der Waals surface area contributed by atoms with Gasteiger partial charge in [-0.05, 0) is 187 Å². The highest BCUT2D eigenvalue weighted by atomic mass is 14.4. The van der Waals surface area contributed by atoms with Crippen LogP contribution >= 0.6 is 0 Å². The van der Waals surface area contributed by atoms with Crippen LogP contribution in [0.25, 0.3) is 94.7 Å². The number of hydrogen-bond donors (Lipinski definition) is 0. The largest absolute Gasteiger partial charge is 0.0871 e. The lowest BCUT2D eigenvalue weighted by Gasteiger charge is -2.21. The van der Waals surface area contributed by atoms with Crippen molar-refractivity contribution in [1.29, 1.82) is 0 Å². The van der Waals surface area contributed by atoms with Gasteiger partial charge in [-0.3, -0.25) is 0 Å². The minimum atomic E-state index is -0.0106. The molecular formula is C59H50. The fraction of sp³-hybridized carbons (Fsp3) is 0.153. The fourth-order valence-corrected chi connectivity index (χ4v) is 10.1. The Labute approximate surface area is 349 Å². The van der Waals surface area contributed by atoms with Gasteiger partial charge in [0.2, 0.25) is 0 Å². The second-order valence-corrected chi connectivity index (χ2v) is 17.7. The van der Waals surface area contributed by atoms with E-state index in [1.807, 2.05) is 0 Å². The maximum atomic E-state index is 2.41. The Hall–Kier alpha value is -6.50. The van der Waals surface area contributed by atoms with Crippen molar-refractivity contribution < 1.29 is 0 Å². The molecule has 0 amide bonds. The highest BCUT2D eigenvalue weighted by Crippen LogP contribution is 2.50. The van der Waals surface area contributed by atoms with Crippen molar-refractivity contribution in [3.63, 3.8) is 0 Å². The van der Waals surface area contributed by atoms with E-state index < -0.39 is 0 Å². The van der Waals surface area contributed by atoms with Crippen LogP contribution in [-0.2, 0) is 5.41 Å². The van der Waals surface area contributed by atoms with E-state index in [1.165, 1.54) is 132 Å². The number of fused-ring (bicyclic) bond motifs is 7. The molecule has 0 N–H and O–H groups in total. The standard InChI is InChI=1S/C59H50/c1-9-10-40-14-23-55-51(30-40)52-31-41(15-24-56(52)59(55,7)8)13-16-42-32-43-17-19-45(33-47(43)29-38(42)5)57-48-21-11-36(3)28-54(48)58(49-22-12-35(2)27-53(49)57)46-20-18-44-26-37(4)25-39(6)50(44)34-46/h9-34H,1-8H3. The van der Waals surface area contributed by atoms with Crippen LogP contribution in [0.5, 0.6) is 0 Å². The highest BCUT2D eigenvalue weighted by Gasteiger charge is 2.35. The van der Waals surface area contributed by atoms with Crippen LogP contribution in [0.4, 0.5) is 0 Å². The molecule has 0 aliphatic heterocycles. The van der Waals surface area contributed by atoms with Crippen LogP contribution in [0.2, 0.25) is 0 Å². The summed E-state index contributed by atoms with van der Waals surface area (Å²) in [6.45, 7) is 17.9. The van der Waals surface area contributed by atoms with Gasteiger partial charge in [0.25, 0.3) is 0 Å². The summed E-state index contributed by atoms with van der Waals surface area (Å²) in [6, 6.07) is 51.4. The molecule has 59 heavy (non-hydrogen) atoms. The molecule has 0 fully saturated rings. The van der Waals surface area contributed by atoms with Crippen LogP contribution in [0.15, 0.2) is 140 Å². The van der Waals surface area contributed by atoms with Crippen LogP contribution in [0.3, 0.4) is 0 Å². The molecule has 0 heterocycles. The molecule has 0 heteroatoms. The van der Waals surface area contributed by atoms with Crippen molar-refractivity contribution in [2.45, 2.75) is 60.8 Å². The Kier molecular flexibility index (Phi) is 8.62. The second kappa shape index (κ2) is 13.8. The molecule has 0 atom stereocenters. The summed E-state index contributed by atoms with van der Waals surface area (Å²) in [7, 11) is 0. The first-order chi connectivity index (χ1) is 28.5. The lowest BCUT2D eigenvalue weighted by atomic mass is 9.82. The number of allylic oxidation sites excluding steroid dienone is 1. The highest BCUT2D eigenvalue weighted by molar-refractivity contribution is 6.22. The third-order valence-electron chi connectivity index (χ3n) is 13.1. The van der Waals surface area contributed by atoms with Crippen LogP contribution in [0, 0.1) is 34.6 Å². The van der Waals surface area contributed by atoms with Crippen molar-refractivity contribution in [3.05, 3.63) is 195 Å². The quantitative estimate of drug-likeness (QED) is 0.121. The van der Waals surface area contributed by atoms with Gasteiger partial charge in [0.15, 0.2) is 0 Å². The molecular weight excluding hydrogens is 709 g/mol. The summed E-state index contributed by atoms with van der Waals surface area (Å²) in [5, 5.41) is 10.3. The van der Waals surface area contributed by atoms with Gasteiger partial charge in [0.1, 0.15) is 0 Å². The zero-order chi connectivity index (χ0) is 40.7. The zero-order valence-electron chi connectivity index (χ0n) is 35.5. The smallest absolute Gasteiger partial charge is 0.0158 e. The minimum absolute atomic E-state index is 0.0106. The van der Waals surface area contributed by atoms with Gasteiger partial charge >= 0.3 is 0 Å². The van der Waals surface area contributed by atoms with E-state index in [0.717, 1.165) is 0 Å². The summed E-state index contributed by atoms with van der Waals surface area (Å²) < 4.78 is 0. The van der Waals surface area contributed by atoms with Crippen molar-refractivity contribution >= 4 is 61.3 Å². The molecule has 0 bridgehead atoms. The van der Waals surface area contributed by atoms with Crippen LogP contribution < -0.4 is 0 Å². The fourth-order valence-electron chi connectivity index (χ4n) is 10.1. The number of aryl methyl sites for hydroxylation is 5. The Balaban J connectivity index is 1.07. The van der Waals surface area contributed by atoms with Crippen molar-refractivity contribution in [1.82, 2.24) is 0 Å². The van der Waals surface area contributed by atoms with Crippen LogP contribution in [-0.4, -0.2) is 0 Å². The summed E-state index contributed by atoms with van der Waals surface area (Å²) in [4.78, 5) is 0. The third kappa shape index (κ3) is 6.13. The molecule has 0 spiro atoms. The molecule has 1 aliphatic rings. The van der Waals surface area contributed by atoms with Gasteiger partial charge in [-0.1, -0.05) is 158 Å². The van der Waals surface area contributed by atoms with E-state index in [9.17, 15) is 0 Å². The van der Waals surface area contributed by atoms with E-state index in [2.05, 4.69) is 213 Å². The van der Waals surface area contributed by atoms with E-state index in [4.69, 9.17) is 0 Å². The Morgan fingerprint density at radius 1 is 0.390 bits per heavy atom. The summed E-state index contributed by atoms with van der Waals surface area (Å²) in [5.41, 5.74) is 20.8. The molecule has 9 aromatic carbocycles. The molecule has 0 saturated carbocycles. The summed E-state index contributed by atoms with van der Waals surface area (Å²) in [6.07, 6.45) is 8.89. The second-order valence-electron chi connectivity index (χ2n) is 17.7. The van der Waals surface area contributed by atoms with Crippen molar-refractivity contribution in [2.75, 3.05) is 0 Å². The van der Waals surface area contributed by atoms with Gasteiger partial charge in [0, 0.05) is 5.41 Å². The van der Waals surface area contributed by atoms with E-state index in [0.29, 0.717) is 0 Å². The van der Waals surface area contributed by atoms with Gasteiger partial charge in [0.05, 0.1) is 0 Å². The number of hydrogen-bond acceptors (Lipinski definition) is 0. The van der Waals surface area contributed by atoms with Gasteiger partial charge in [-0.25, -0.2) is 0 Å². The number of benzene rings is 9. The van der Waals surface area contributed by atoms with Gasteiger partial charge < -0.3 is 0 Å². The molecule has 0 unspecified atom stereocenters. The molecule has 0 nitrogen and oxygen atoms in total. The number of rotatable bonds is 5. The third-order valence-corrected chi connectivity index (χ3v) is 13.1. The lowest BCUT2D eigenvalue weighted by molar-refractivity contribution is 0.660. The lowest BCUT2D eigenvalue weighted by Crippen LogP contribution is -2.14. The predicted octanol–water partition coefficient (Wildman–Crippen LogP) is 16.7. The summed E-state index contributed by atoms with van der Waals surface area (Å²) >= 11 is 0. The van der Waals surface area contributed by atoms with Gasteiger partial charge in [-0.2, -0.15) is 0 Å². The summed E-state index contributed by atoms with van der Waals surface area (Å²) in [5.74, 6) is 0. The first-order valence-corrected chi connectivity index (χ1v) is 21.1. The molecule has 286 valence electrons. The Bertz CT molecular complexity index is 3290. The molecule has 0 aromatic heterocycles. The van der Waals surface area contributed by atoms with Gasteiger partial charge in [-0.15, -0.1) is 0 Å². The first-order valence-electron chi connectivity index (χ1n) is 21.1.